The van der Waals surface area contributed by atoms with Gasteiger partial charge in [-0.05, 0) is 283 Å². The molecule has 14 aromatic carbocycles. The third kappa shape index (κ3) is 19.7. The van der Waals surface area contributed by atoms with E-state index in [2.05, 4.69) is 74.8 Å². The van der Waals surface area contributed by atoms with Gasteiger partial charge in [0.25, 0.3) is 0 Å². The third-order valence-electron chi connectivity index (χ3n) is 23.2. The number of methoxy groups -OCH3 is 1. The number of carbonyl (C=O) groups excluding carboxylic acids is 9. The Balaban J connectivity index is 0.000000118. The van der Waals surface area contributed by atoms with E-state index in [0.717, 1.165) is 232 Å². The van der Waals surface area contributed by atoms with Gasteiger partial charge in [0.05, 0.1) is 30.5 Å². The van der Waals surface area contributed by atoms with E-state index in [4.69, 9.17) is 45.5 Å². The highest BCUT2D eigenvalue weighted by molar-refractivity contribution is 6.14. The molecule has 0 aliphatic heterocycles. The van der Waals surface area contributed by atoms with Gasteiger partial charge in [-0.3, -0.25) is 33.6 Å². The van der Waals surface area contributed by atoms with Gasteiger partial charge < -0.3 is 55.3 Å². The summed E-state index contributed by atoms with van der Waals surface area (Å²) in [5.74, 6) is -0.766. The van der Waals surface area contributed by atoms with Gasteiger partial charge in [-0.2, -0.15) is 0 Å². The van der Waals surface area contributed by atoms with Crippen molar-refractivity contribution >= 4 is 215 Å². The summed E-state index contributed by atoms with van der Waals surface area (Å²) in [6.45, 7) is 19.9. The van der Waals surface area contributed by atoms with E-state index < -0.39 is 5.97 Å². The van der Waals surface area contributed by atoms with Crippen LogP contribution >= 0.6 is 0 Å². The Hall–Kier alpha value is -16.0. The van der Waals surface area contributed by atoms with Crippen LogP contribution in [0, 0.1) is 6.92 Å². The van der Waals surface area contributed by atoms with Crippen molar-refractivity contribution in [2.75, 3.05) is 57.9 Å². The number of rotatable bonds is 21. The molecular formula is C111H94N2O19. The van der Waals surface area contributed by atoms with Gasteiger partial charge in [0, 0.05) is 147 Å². The van der Waals surface area contributed by atoms with Crippen LogP contribution in [0.25, 0.3) is 154 Å². The van der Waals surface area contributed by atoms with Gasteiger partial charge in [0.15, 0.2) is 6.29 Å². The number of esters is 2. The number of para-hydroxylation sites is 1. The quantitative estimate of drug-likeness (QED) is 0.0516. The van der Waals surface area contributed by atoms with Gasteiger partial charge in [-0.15, -0.1) is 0 Å². The number of aliphatic hydroxyl groups is 1. The maximum Gasteiger partial charge on any atom is 0.338 e. The van der Waals surface area contributed by atoms with E-state index in [1.54, 1.807) is 104 Å². The van der Waals surface area contributed by atoms with Crippen molar-refractivity contribution in [3.8, 4) is 0 Å². The SMILES string of the molecule is CCN(CC)CCc1ccc2oc3ccc(C=O)cc3c2c1.CCN(CC)c1cc2oc3ccccc3c2cc1C=O.CCOC(=O)c1ccc2oc3ccc(C=O)cc3c2c1.CCc1ccc2oc3ccc(C=O)cc3c2c1.COC(=O)c1ccc2oc3ccc(C=O)cc3c2c1.Cc1ccc2oc3ccc(C=O)cc3c2c1.O=Cc1ccc2oc3ccc(CCO)cc3c2c1. The number of hydrogen-bond acceptors (Lipinski definition) is 21. The summed E-state index contributed by atoms with van der Waals surface area (Å²) >= 11 is 0. The molecule has 0 saturated heterocycles. The molecule has 0 fully saturated rings. The predicted octanol–water partition coefficient (Wildman–Crippen LogP) is 25.9. The molecule has 7 heterocycles. The first-order valence-electron chi connectivity index (χ1n) is 43.6. The minimum Gasteiger partial charge on any atom is -0.465 e. The lowest BCUT2D eigenvalue weighted by Gasteiger charge is -2.22. The first kappa shape index (κ1) is 90.8. The summed E-state index contributed by atoms with van der Waals surface area (Å²) in [5.41, 5.74) is 22.3. The Morgan fingerprint density at radius 1 is 0.311 bits per heavy atom. The summed E-state index contributed by atoms with van der Waals surface area (Å²) < 4.78 is 49.9. The molecule has 0 spiro atoms. The van der Waals surface area contributed by atoms with E-state index in [0.29, 0.717) is 85.4 Å². The first-order valence-corrected chi connectivity index (χ1v) is 43.6. The van der Waals surface area contributed by atoms with E-state index >= 15 is 0 Å². The van der Waals surface area contributed by atoms with Crippen LogP contribution in [-0.4, -0.2) is 119 Å². The maximum absolute atomic E-state index is 11.8. The standard InChI is InChI=1S/C19H21NO2.C17H17NO2.C16H12O4.C15H10O4.C15H12O3.C15H12O2.C14H10O2/c1-3-20(4-2)10-9-14-5-7-18-16(11-14)17-12-15(13-21)6-8-19(17)22-18;1-3-18(4-2)15-10-17-14(9-12(15)11-19)13-7-5-6-8-16(13)20-17;1-2-19-16(18)11-4-6-15-13(8-11)12-7-10(9-17)3-5-14(12)20-15;1-18-15(17)10-3-5-14-12(7-10)11-6-9(8-16)2-4-13(11)19-14;16-6-5-10-1-3-14-12(7-10)13-8-11(9-17)2-4-15(13)18-14;1-2-10-3-5-14-12(7-10)13-8-11(9-16)4-6-15(13)17-14;1-9-2-4-13-11(6-9)12-7-10(8-15)3-5-14(12)16-13/h5-8,11-13H,3-4,9-10H2,1-2H3;5-11H,3-4H2,1-2H3;3-9H,2H2,1H3;2-8H,1H3;1-4,7-9,16H,5-6H2;3-9H,2H2,1H3;2-8H,1H3. The van der Waals surface area contributed by atoms with Crippen LogP contribution in [0.2, 0.25) is 0 Å². The molecule has 662 valence electrons. The molecule has 7 aromatic heterocycles. The zero-order chi connectivity index (χ0) is 92.6. The highest BCUT2D eigenvalue weighted by Gasteiger charge is 2.20. The van der Waals surface area contributed by atoms with Gasteiger partial charge in [0.2, 0.25) is 0 Å². The summed E-state index contributed by atoms with van der Waals surface area (Å²) in [6.07, 6.45) is 8.56. The molecule has 21 aromatic rings. The number of aryl methyl sites for hydroxylation is 2. The average Bonchev–Trinajstić information content (AvgIpc) is 1.58. The zero-order valence-corrected chi connectivity index (χ0v) is 74.1. The highest BCUT2D eigenvalue weighted by atomic mass is 16.5. The first-order chi connectivity index (χ1) is 64.4. The Labute approximate surface area is 757 Å². The van der Waals surface area contributed by atoms with Crippen LogP contribution in [-0.2, 0) is 28.7 Å². The monoisotopic (exact) mass is 1760 g/mol. The molecule has 21 rings (SSSR count). The predicted molar refractivity (Wildman–Crippen MR) is 521 cm³/mol. The van der Waals surface area contributed by atoms with Crippen LogP contribution in [0.15, 0.2) is 286 Å². The number of aldehydes is 7. The molecule has 0 radical (unpaired) electrons. The van der Waals surface area contributed by atoms with Crippen molar-refractivity contribution in [2.24, 2.45) is 0 Å². The molecule has 0 aliphatic rings. The molecule has 21 heteroatoms. The highest BCUT2D eigenvalue weighted by Crippen LogP contribution is 2.39. The number of carbonyl (C=O) groups is 9. The van der Waals surface area contributed by atoms with E-state index in [1.165, 1.54) is 23.8 Å². The Kier molecular flexibility index (Phi) is 28.5. The molecule has 1 N–H and O–H groups in total. The normalized spacial score (nSPS) is 11.1. The third-order valence-corrected chi connectivity index (χ3v) is 23.2. The van der Waals surface area contributed by atoms with E-state index in [9.17, 15) is 43.2 Å². The Morgan fingerprint density at radius 3 is 0.992 bits per heavy atom. The molecular weight excluding hydrogens is 1670 g/mol. The van der Waals surface area contributed by atoms with E-state index in [-0.39, 0.29) is 12.6 Å². The summed E-state index contributed by atoms with van der Waals surface area (Å²) in [5, 5.41) is 22.4. The lowest BCUT2D eigenvalue weighted by Crippen LogP contribution is -2.25. The minimum atomic E-state index is -0.400. The van der Waals surface area contributed by atoms with Crippen molar-refractivity contribution in [2.45, 2.75) is 67.7 Å². The van der Waals surface area contributed by atoms with Gasteiger partial charge >= 0.3 is 11.9 Å². The van der Waals surface area contributed by atoms with Crippen molar-refractivity contribution in [3.63, 3.8) is 0 Å². The van der Waals surface area contributed by atoms with Crippen LogP contribution in [0.5, 0.6) is 0 Å². The lowest BCUT2D eigenvalue weighted by molar-refractivity contribution is 0.0524. The average molecular weight is 1760 g/mol. The number of likely N-dealkylation sites (N-methyl/N-ethyl adjacent to an activating group) is 1. The van der Waals surface area contributed by atoms with Crippen molar-refractivity contribution < 1.29 is 88.7 Å². The molecule has 0 bridgehead atoms. The maximum atomic E-state index is 11.8. The number of hydrogen-bond donors (Lipinski definition) is 1. The molecule has 0 amide bonds. The Morgan fingerprint density at radius 2 is 0.629 bits per heavy atom. The van der Waals surface area contributed by atoms with E-state index in [1.807, 2.05) is 134 Å². The van der Waals surface area contributed by atoms with Gasteiger partial charge in [-0.1, -0.05) is 68.8 Å². The number of aliphatic hydroxyl groups excluding tert-OH is 1. The number of fused-ring (bicyclic) bond motifs is 21. The van der Waals surface area contributed by atoms with Crippen LogP contribution in [0.3, 0.4) is 0 Å². The Bertz CT molecular complexity index is 7910. The van der Waals surface area contributed by atoms with Crippen molar-refractivity contribution in [3.05, 3.63) is 327 Å². The summed E-state index contributed by atoms with van der Waals surface area (Å²) in [4.78, 5) is 104. The fourth-order valence-electron chi connectivity index (χ4n) is 16.2. The van der Waals surface area contributed by atoms with Gasteiger partial charge in [-0.25, -0.2) is 9.59 Å². The number of ether oxygens (including phenoxy) is 2. The zero-order valence-electron chi connectivity index (χ0n) is 74.1. The number of furan rings is 7. The molecule has 0 unspecified atom stereocenters. The fourth-order valence-corrected chi connectivity index (χ4v) is 16.2. The molecule has 0 aliphatic carbocycles. The fraction of sp³-hybridized carbons (Fsp3) is 0.162. The molecule has 0 atom stereocenters. The largest absolute Gasteiger partial charge is 0.465 e. The molecule has 132 heavy (non-hydrogen) atoms. The smallest absolute Gasteiger partial charge is 0.338 e. The van der Waals surface area contributed by atoms with Crippen LogP contribution in [0.1, 0.15) is 157 Å². The topological polar surface area (TPSA) is 291 Å². The van der Waals surface area contributed by atoms with Crippen LogP contribution < -0.4 is 4.90 Å². The second kappa shape index (κ2) is 41.4. The number of nitrogens with zero attached hydrogens (tertiary/aromatic N) is 2. The second-order valence-corrected chi connectivity index (χ2v) is 31.4. The number of anilines is 1. The molecule has 0 saturated carbocycles. The van der Waals surface area contributed by atoms with Crippen molar-refractivity contribution in [1.29, 1.82) is 0 Å². The van der Waals surface area contributed by atoms with Crippen LogP contribution in [0.4, 0.5) is 5.69 Å². The summed E-state index contributed by atoms with van der Waals surface area (Å²) in [6, 6.07) is 78.9. The second-order valence-electron chi connectivity index (χ2n) is 31.4. The van der Waals surface area contributed by atoms with Gasteiger partial charge in [0.1, 0.15) is 116 Å². The lowest BCUT2D eigenvalue weighted by atomic mass is 10.1. The summed E-state index contributed by atoms with van der Waals surface area (Å²) in [7, 11) is 1.34. The number of benzene rings is 14. The molecule has 21 nitrogen and oxygen atoms in total. The van der Waals surface area contributed by atoms with Crippen molar-refractivity contribution in [1.82, 2.24) is 4.90 Å². The minimum absolute atomic E-state index is 0.126.